The van der Waals surface area contributed by atoms with Crippen LogP contribution in [0.5, 0.6) is 5.88 Å². The van der Waals surface area contributed by atoms with Crippen LogP contribution in [-0.4, -0.2) is 22.3 Å². The van der Waals surface area contributed by atoms with Gasteiger partial charge >= 0.3 is 0 Å². The average Bonchev–Trinajstić information content (AvgIpc) is 3.09. The minimum atomic E-state index is -0.241. The molecule has 25 heavy (non-hydrogen) atoms. The summed E-state index contributed by atoms with van der Waals surface area (Å²) >= 11 is 0. The molecule has 1 amide bonds. The number of nitrogens with one attached hydrogen (secondary N) is 2. The standard InChI is InChI=1S/C19H18N4O2/c24-19(17-13-18-23(22-17)11-4-12-25-18)21-16-9-7-15(8-10-16)20-14-5-2-1-3-6-14/h1-3,5-10,13,20H,4,11-12H2,(H,21,24). The summed E-state index contributed by atoms with van der Waals surface area (Å²) < 4.78 is 7.22. The Kier molecular flexibility index (Phi) is 4.08. The van der Waals surface area contributed by atoms with E-state index in [0.717, 1.165) is 30.0 Å². The Balaban J connectivity index is 1.42. The first-order valence-corrected chi connectivity index (χ1v) is 8.22. The van der Waals surface area contributed by atoms with Gasteiger partial charge in [0.2, 0.25) is 5.88 Å². The summed E-state index contributed by atoms with van der Waals surface area (Å²) in [5.74, 6) is 0.410. The molecule has 126 valence electrons. The Morgan fingerprint density at radius 1 is 1.00 bits per heavy atom. The van der Waals surface area contributed by atoms with E-state index in [4.69, 9.17) is 4.74 Å². The van der Waals surface area contributed by atoms with Gasteiger partial charge in [0.1, 0.15) is 0 Å². The van der Waals surface area contributed by atoms with Gasteiger partial charge in [0.05, 0.1) is 6.61 Å². The van der Waals surface area contributed by atoms with E-state index >= 15 is 0 Å². The minimum Gasteiger partial charge on any atom is -0.478 e. The van der Waals surface area contributed by atoms with E-state index in [2.05, 4.69) is 15.7 Å². The van der Waals surface area contributed by atoms with Crippen molar-refractivity contribution in [1.82, 2.24) is 9.78 Å². The fraction of sp³-hybridized carbons (Fsp3) is 0.158. The van der Waals surface area contributed by atoms with Crippen molar-refractivity contribution in [3.63, 3.8) is 0 Å². The molecule has 0 fully saturated rings. The maximum Gasteiger partial charge on any atom is 0.276 e. The lowest BCUT2D eigenvalue weighted by Crippen LogP contribution is -2.16. The normalized spacial score (nSPS) is 12.8. The highest BCUT2D eigenvalue weighted by Gasteiger charge is 2.17. The van der Waals surface area contributed by atoms with E-state index in [1.807, 2.05) is 54.6 Å². The first-order chi connectivity index (χ1) is 12.3. The molecule has 4 rings (SSSR count). The first kappa shape index (κ1) is 15.3. The molecule has 2 aromatic carbocycles. The molecule has 2 heterocycles. The predicted molar refractivity (Wildman–Crippen MR) is 96.5 cm³/mol. The zero-order chi connectivity index (χ0) is 17.1. The number of fused-ring (bicyclic) bond motifs is 1. The lowest BCUT2D eigenvalue weighted by Gasteiger charge is -2.13. The maximum atomic E-state index is 12.3. The van der Waals surface area contributed by atoms with Crippen LogP contribution in [0.25, 0.3) is 0 Å². The van der Waals surface area contributed by atoms with Crippen LogP contribution in [-0.2, 0) is 6.54 Å². The van der Waals surface area contributed by atoms with Crippen LogP contribution in [0.3, 0.4) is 0 Å². The van der Waals surface area contributed by atoms with Gasteiger partial charge in [0.15, 0.2) is 5.69 Å². The topological polar surface area (TPSA) is 68.2 Å². The summed E-state index contributed by atoms with van der Waals surface area (Å²) in [6.45, 7) is 1.45. The number of ether oxygens (including phenoxy) is 1. The smallest absolute Gasteiger partial charge is 0.276 e. The number of rotatable bonds is 4. The van der Waals surface area contributed by atoms with Gasteiger partial charge in [-0.3, -0.25) is 4.79 Å². The van der Waals surface area contributed by atoms with Crippen molar-refractivity contribution >= 4 is 23.0 Å². The van der Waals surface area contributed by atoms with E-state index in [1.54, 1.807) is 10.7 Å². The number of benzene rings is 2. The zero-order valence-electron chi connectivity index (χ0n) is 13.6. The Bertz CT molecular complexity index is 849. The van der Waals surface area contributed by atoms with Gasteiger partial charge in [0.25, 0.3) is 5.91 Å². The summed E-state index contributed by atoms with van der Waals surface area (Å²) in [4.78, 5) is 12.3. The average molecular weight is 334 g/mol. The second kappa shape index (κ2) is 6.68. The fourth-order valence-corrected chi connectivity index (χ4v) is 2.70. The lowest BCUT2D eigenvalue weighted by atomic mass is 10.2. The van der Waals surface area contributed by atoms with Gasteiger partial charge < -0.3 is 15.4 Å². The molecule has 0 radical (unpaired) electrons. The molecule has 0 unspecified atom stereocenters. The lowest BCUT2D eigenvalue weighted by molar-refractivity contribution is 0.102. The Morgan fingerprint density at radius 3 is 2.48 bits per heavy atom. The number of hydrogen-bond acceptors (Lipinski definition) is 4. The van der Waals surface area contributed by atoms with Crippen LogP contribution in [0.1, 0.15) is 16.9 Å². The highest BCUT2D eigenvalue weighted by molar-refractivity contribution is 6.03. The molecular formula is C19H18N4O2. The zero-order valence-corrected chi connectivity index (χ0v) is 13.6. The van der Waals surface area contributed by atoms with Crippen molar-refractivity contribution in [2.24, 2.45) is 0 Å². The van der Waals surface area contributed by atoms with E-state index < -0.39 is 0 Å². The molecular weight excluding hydrogens is 316 g/mol. The molecule has 1 aliphatic heterocycles. The summed E-state index contributed by atoms with van der Waals surface area (Å²) in [6, 6.07) is 19.2. The monoisotopic (exact) mass is 334 g/mol. The SMILES string of the molecule is O=C(Nc1ccc(Nc2ccccc2)cc1)c1cc2n(n1)CCCO2. The molecule has 0 spiro atoms. The number of para-hydroxylation sites is 1. The second-order valence-corrected chi connectivity index (χ2v) is 5.82. The number of amides is 1. The van der Waals surface area contributed by atoms with E-state index in [9.17, 15) is 4.79 Å². The van der Waals surface area contributed by atoms with Gasteiger partial charge in [-0.1, -0.05) is 18.2 Å². The first-order valence-electron chi connectivity index (χ1n) is 8.22. The Labute approximate surface area is 145 Å². The third-order valence-corrected chi connectivity index (χ3v) is 3.95. The van der Waals surface area contributed by atoms with Crippen molar-refractivity contribution in [3.05, 3.63) is 66.4 Å². The molecule has 0 saturated heterocycles. The predicted octanol–water partition coefficient (Wildman–Crippen LogP) is 3.66. The van der Waals surface area contributed by atoms with Crippen molar-refractivity contribution < 1.29 is 9.53 Å². The number of hydrogen-bond donors (Lipinski definition) is 2. The third-order valence-electron chi connectivity index (χ3n) is 3.95. The molecule has 0 saturated carbocycles. The second-order valence-electron chi connectivity index (χ2n) is 5.82. The van der Waals surface area contributed by atoms with Crippen molar-refractivity contribution in [2.45, 2.75) is 13.0 Å². The quantitative estimate of drug-likeness (QED) is 0.764. The fourth-order valence-electron chi connectivity index (χ4n) is 2.70. The Morgan fingerprint density at radius 2 is 1.72 bits per heavy atom. The van der Waals surface area contributed by atoms with Crippen molar-refractivity contribution in [1.29, 1.82) is 0 Å². The molecule has 3 aromatic rings. The van der Waals surface area contributed by atoms with E-state index in [0.29, 0.717) is 18.2 Å². The van der Waals surface area contributed by atoms with Crippen LogP contribution in [0.4, 0.5) is 17.1 Å². The van der Waals surface area contributed by atoms with Crippen molar-refractivity contribution in [2.75, 3.05) is 17.2 Å². The molecule has 0 atom stereocenters. The van der Waals surface area contributed by atoms with Gasteiger partial charge in [-0.05, 0) is 36.4 Å². The van der Waals surface area contributed by atoms with Crippen LogP contribution in [0.15, 0.2) is 60.7 Å². The van der Waals surface area contributed by atoms with Gasteiger partial charge in [0, 0.05) is 36.1 Å². The molecule has 1 aromatic heterocycles. The molecule has 2 N–H and O–H groups in total. The van der Waals surface area contributed by atoms with Crippen LogP contribution >= 0.6 is 0 Å². The maximum absolute atomic E-state index is 12.3. The molecule has 6 nitrogen and oxygen atoms in total. The highest BCUT2D eigenvalue weighted by Crippen LogP contribution is 2.21. The van der Waals surface area contributed by atoms with Gasteiger partial charge in [-0.2, -0.15) is 5.10 Å². The number of aromatic nitrogens is 2. The number of anilines is 3. The third kappa shape index (κ3) is 3.47. The van der Waals surface area contributed by atoms with E-state index in [-0.39, 0.29) is 5.91 Å². The molecule has 0 aliphatic carbocycles. The van der Waals surface area contributed by atoms with Gasteiger partial charge in [-0.25, -0.2) is 4.68 Å². The molecule has 1 aliphatic rings. The summed E-state index contributed by atoms with van der Waals surface area (Å²) in [6.07, 6.45) is 0.908. The Hall–Kier alpha value is -3.28. The number of carbonyl (C=O) groups excluding carboxylic acids is 1. The summed E-state index contributed by atoms with van der Waals surface area (Å²) in [5.41, 5.74) is 3.05. The molecule has 6 heteroatoms. The largest absolute Gasteiger partial charge is 0.478 e. The summed E-state index contributed by atoms with van der Waals surface area (Å²) in [7, 11) is 0. The number of carbonyl (C=O) groups is 1. The van der Waals surface area contributed by atoms with Crippen molar-refractivity contribution in [3.8, 4) is 5.88 Å². The van der Waals surface area contributed by atoms with E-state index in [1.165, 1.54) is 0 Å². The van der Waals surface area contributed by atoms with Crippen LogP contribution in [0.2, 0.25) is 0 Å². The highest BCUT2D eigenvalue weighted by atomic mass is 16.5. The minimum absolute atomic E-state index is 0.241. The summed E-state index contributed by atoms with van der Waals surface area (Å²) in [5, 5.41) is 10.5. The van der Waals surface area contributed by atoms with Gasteiger partial charge in [-0.15, -0.1) is 0 Å². The van der Waals surface area contributed by atoms with Crippen LogP contribution in [0, 0.1) is 0 Å². The number of nitrogens with zero attached hydrogens (tertiary/aromatic N) is 2. The number of aryl methyl sites for hydroxylation is 1. The van der Waals surface area contributed by atoms with Crippen LogP contribution < -0.4 is 15.4 Å². The molecule has 0 bridgehead atoms.